The maximum Gasteiger partial charge on any atom is 0.0723 e. The highest BCUT2D eigenvalue weighted by Gasteiger charge is 2.77. The van der Waals surface area contributed by atoms with Gasteiger partial charge in [0.25, 0.3) is 0 Å². The second-order valence-electron chi connectivity index (χ2n) is 9.88. The first kappa shape index (κ1) is 15.0. The number of hydrogen-bond acceptors (Lipinski definition) is 2. The molecule has 4 fully saturated rings. The summed E-state index contributed by atoms with van der Waals surface area (Å²) < 4.78 is 0. The van der Waals surface area contributed by atoms with Crippen LogP contribution in [0.1, 0.15) is 58.8 Å². The molecule has 0 aliphatic heterocycles. The Morgan fingerprint density at radius 2 is 2.09 bits per heavy atom. The van der Waals surface area contributed by atoms with Gasteiger partial charge in [-0.25, -0.2) is 0 Å². The van der Waals surface area contributed by atoms with Crippen LogP contribution in [0.5, 0.6) is 0 Å². The van der Waals surface area contributed by atoms with Crippen molar-refractivity contribution in [3.05, 3.63) is 11.6 Å². The summed E-state index contributed by atoms with van der Waals surface area (Å²) in [5.74, 6) is 4.70. The molecule has 1 spiro atoms. The molecular formula is C21H32O2. The van der Waals surface area contributed by atoms with E-state index < -0.39 is 0 Å². The molecule has 5 unspecified atom stereocenters. The van der Waals surface area contributed by atoms with E-state index in [9.17, 15) is 10.2 Å². The molecule has 2 N–H and O–H groups in total. The van der Waals surface area contributed by atoms with Gasteiger partial charge in [0.05, 0.1) is 6.10 Å². The number of rotatable bonds is 1. The lowest BCUT2D eigenvalue weighted by atomic mass is 9.46. The van der Waals surface area contributed by atoms with E-state index in [1.165, 1.54) is 38.5 Å². The molecule has 5 aliphatic carbocycles. The van der Waals surface area contributed by atoms with E-state index in [-0.39, 0.29) is 6.10 Å². The van der Waals surface area contributed by atoms with Crippen LogP contribution in [0.2, 0.25) is 0 Å². The number of hydrogen-bond donors (Lipinski definition) is 2. The maximum absolute atomic E-state index is 10.0. The zero-order valence-electron chi connectivity index (χ0n) is 14.7. The molecule has 128 valence electrons. The summed E-state index contributed by atoms with van der Waals surface area (Å²) in [6.45, 7) is 5.42. The second kappa shape index (κ2) is 4.64. The summed E-state index contributed by atoms with van der Waals surface area (Å²) in [6, 6.07) is 0. The normalized spacial score (nSPS) is 60.2. The first-order valence-corrected chi connectivity index (χ1v) is 10.0. The Labute approximate surface area is 140 Å². The fraction of sp³-hybridized carbons (Fsp3) is 0.905. The van der Waals surface area contributed by atoms with Crippen LogP contribution < -0.4 is 0 Å². The number of aliphatic hydroxyl groups excluding tert-OH is 2. The van der Waals surface area contributed by atoms with Gasteiger partial charge in [0.2, 0.25) is 0 Å². The molecule has 4 saturated carbocycles. The highest BCUT2D eigenvalue weighted by molar-refractivity contribution is 5.29. The summed E-state index contributed by atoms with van der Waals surface area (Å²) in [5, 5.41) is 20.0. The van der Waals surface area contributed by atoms with E-state index in [1.54, 1.807) is 5.57 Å². The zero-order valence-corrected chi connectivity index (χ0v) is 14.7. The molecule has 0 heterocycles. The summed E-state index contributed by atoms with van der Waals surface area (Å²) in [6.07, 6.45) is 10.8. The SMILES string of the molecule is CC1CC2=CC(O)CC[C@@H]2[C@H]2CC[C@]3(C)C(CO)CC4CC43[C@H]12. The molecule has 0 bridgehead atoms. The summed E-state index contributed by atoms with van der Waals surface area (Å²) in [4.78, 5) is 0. The van der Waals surface area contributed by atoms with Crippen molar-refractivity contribution in [1.82, 2.24) is 0 Å². The van der Waals surface area contributed by atoms with Crippen LogP contribution in [0.15, 0.2) is 11.6 Å². The molecular weight excluding hydrogens is 284 g/mol. The molecule has 5 rings (SSSR count). The number of aliphatic hydroxyl groups is 2. The van der Waals surface area contributed by atoms with E-state index in [1.807, 2.05) is 0 Å². The third-order valence-corrected chi connectivity index (χ3v) is 9.30. The molecule has 2 nitrogen and oxygen atoms in total. The number of fused-ring (bicyclic) bond motifs is 3. The Morgan fingerprint density at radius 3 is 2.87 bits per heavy atom. The Kier molecular flexibility index (Phi) is 3.01. The summed E-state index contributed by atoms with van der Waals surface area (Å²) >= 11 is 0. The van der Waals surface area contributed by atoms with Gasteiger partial charge in [-0.3, -0.25) is 0 Å². The van der Waals surface area contributed by atoms with Crippen molar-refractivity contribution in [2.45, 2.75) is 64.9 Å². The fourth-order valence-corrected chi connectivity index (χ4v) is 8.43. The molecule has 23 heavy (non-hydrogen) atoms. The quantitative estimate of drug-likeness (QED) is 0.723. The lowest BCUT2D eigenvalue weighted by Gasteiger charge is -2.58. The topological polar surface area (TPSA) is 40.5 Å². The van der Waals surface area contributed by atoms with Crippen LogP contribution in [-0.2, 0) is 0 Å². The lowest BCUT2D eigenvalue weighted by molar-refractivity contribution is -0.0858. The van der Waals surface area contributed by atoms with Crippen molar-refractivity contribution in [3.63, 3.8) is 0 Å². The minimum absolute atomic E-state index is 0.184. The van der Waals surface area contributed by atoms with E-state index in [4.69, 9.17) is 0 Å². The third kappa shape index (κ3) is 1.68. The molecule has 0 aromatic rings. The predicted octanol–water partition coefficient (Wildman–Crippen LogP) is 3.77. The van der Waals surface area contributed by atoms with Crippen LogP contribution in [0.4, 0.5) is 0 Å². The van der Waals surface area contributed by atoms with Crippen molar-refractivity contribution in [2.75, 3.05) is 6.61 Å². The Balaban J connectivity index is 1.54. The van der Waals surface area contributed by atoms with Gasteiger partial charge >= 0.3 is 0 Å². The largest absolute Gasteiger partial charge is 0.396 e. The highest BCUT2D eigenvalue weighted by atomic mass is 16.3. The Morgan fingerprint density at radius 1 is 1.26 bits per heavy atom. The Bertz CT molecular complexity index is 554. The smallest absolute Gasteiger partial charge is 0.0723 e. The first-order valence-electron chi connectivity index (χ1n) is 10.0. The maximum atomic E-state index is 10.0. The van der Waals surface area contributed by atoms with Crippen molar-refractivity contribution < 1.29 is 10.2 Å². The van der Waals surface area contributed by atoms with E-state index in [0.29, 0.717) is 23.4 Å². The van der Waals surface area contributed by atoms with Gasteiger partial charge in [0.1, 0.15) is 0 Å². The molecule has 0 aromatic heterocycles. The van der Waals surface area contributed by atoms with Gasteiger partial charge in [0.15, 0.2) is 0 Å². The van der Waals surface area contributed by atoms with Crippen LogP contribution in [0.25, 0.3) is 0 Å². The van der Waals surface area contributed by atoms with Gasteiger partial charge in [-0.2, -0.15) is 0 Å². The van der Waals surface area contributed by atoms with Crippen molar-refractivity contribution in [2.24, 2.45) is 46.3 Å². The van der Waals surface area contributed by atoms with Crippen LogP contribution in [0, 0.1) is 46.3 Å². The summed E-state index contributed by atoms with van der Waals surface area (Å²) in [5.41, 5.74) is 2.55. The second-order valence-corrected chi connectivity index (χ2v) is 9.88. The van der Waals surface area contributed by atoms with E-state index >= 15 is 0 Å². The van der Waals surface area contributed by atoms with Crippen molar-refractivity contribution >= 4 is 0 Å². The third-order valence-electron chi connectivity index (χ3n) is 9.30. The molecule has 9 atom stereocenters. The van der Waals surface area contributed by atoms with Crippen LogP contribution >= 0.6 is 0 Å². The number of allylic oxidation sites excluding steroid dienone is 1. The predicted molar refractivity (Wildman–Crippen MR) is 90.6 cm³/mol. The average Bonchev–Trinajstić information content (AvgIpc) is 3.17. The first-order chi connectivity index (χ1) is 11.0. The zero-order chi connectivity index (χ0) is 16.0. The molecule has 0 amide bonds. The highest BCUT2D eigenvalue weighted by Crippen LogP contribution is 2.83. The summed E-state index contributed by atoms with van der Waals surface area (Å²) in [7, 11) is 0. The molecule has 0 saturated heterocycles. The van der Waals surface area contributed by atoms with Gasteiger partial charge in [-0.05, 0) is 91.3 Å². The monoisotopic (exact) mass is 316 g/mol. The van der Waals surface area contributed by atoms with E-state index in [2.05, 4.69) is 19.9 Å². The van der Waals surface area contributed by atoms with Crippen molar-refractivity contribution in [1.29, 1.82) is 0 Å². The minimum Gasteiger partial charge on any atom is -0.396 e. The molecule has 0 radical (unpaired) electrons. The van der Waals surface area contributed by atoms with Gasteiger partial charge in [-0.15, -0.1) is 0 Å². The van der Waals surface area contributed by atoms with Crippen molar-refractivity contribution in [3.8, 4) is 0 Å². The van der Waals surface area contributed by atoms with Crippen LogP contribution in [-0.4, -0.2) is 22.9 Å². The lowest BCUT2D eigenvalue weighted by Crippen LogP contribution is -2.52. The fourth-order valence-electron chi connectivity index (χ4n) is 8.43. The molecule has 5 aliphatic rings. The minimum atomic E-state index is -0.184. The van der Waals surface area contributed by atoms with Gasteiger partial charge in [-0.1, -0.05) is 25.5 Å². The van der Waals surface area contributed by atoms with Gasteiger partial charge in [0, 0.05) is 6.61 Å². The molecule has 0 aromatic carbocycles. The standard InChI is InChI=1S/C21H32O2/c1-12-7-13-8-16(23)3-4-17(13)18-5-6-20(2)15(11-22)9-14-10-21(14,20)19(12)18/h8,12,14-19,22-23H,3-7,9-11H2,1-2H3/t12?,14?,15?,16?,17-,18+,19+,20+,21?/m0/s1. The van der Waals surface area contributed by atoms with E-state index in [0.717, 1.165) is 36.0 Å². The van der Waals surface area contributed by atoms with Crippen LogP contribution in [0.3, 0.4) is 0 Å². The Hall–Kier alpha value is -0.340. The molecule has 2 heteroatoms. The van der Waals surface area contributed by atoms with Gasteiger partial charge < -0.3 is 10.2 Å². The average molecular weight is 316 g/mol.